The fraction of sp³-hybridized carbons (Fsp3) is 0.389. The summed E-state index contributed by atoms with van der Waals surface area (Å²) in [6, 6.07) is 8.97. The lowest BCUT2D eigenvalue weighted by Crippen LogP contribution is -2.44. The Morgan fingerprint density at radius 1 is 1.42 bits per heavy atom. The number of aromatic nitrogens is 2. The van der Waals surface area contributed by atoms with Crippen LogP contribution in [-0.4, -0.2) is 43.3 Å². The minimum atomic E-state index is -3.93. The molecule has 0 bridgehead atoms. The van der Waals surface area contributed by atoms with Crippen LogP contribution in [0, 0.1) is 6.92 Å². The number of para-hydroxylation sites is 1. The van der Waals surface area contributed by atoms with E-state index in [1.807, 2.05) is 0 Å². The number of nitrogens with zero attached hydrogens (tertiary/aromatic N) is 1. The first kappa shape index (κ1) is 24.2. The fourth-order valence-corrected chi connectivity index (χ4v) is 5.26. The first-order chi connectivity index (χ1) is 14.5. The van der Waals surface area contributed by atoms with Gasteiger partial charge in [-0.2, -0.15) is 0 Å². The van der Waals surface area contributed by atoms with Crippen molar-refractivity contribution in [3.8, 4) is 5.75 Å². The Labute approximate surface area is 191 Å². The molecule has 10 nitrogen and oxygen atoms in total. The van der Waals surface area contributed by atoms with Crippen LogP contribution in [0.25, 0.3) is 0 Å². The molecule has 1 aliphatic rings. The molecular weight excluding hydrogens is 517 g/mol. The van der Waals surface area contributed by atoms with Gasteiger partial charge in [0, 0.05) is 18.3 Å². The summed E-state index contributed by atoms with van der Waals surface area (Å²) in [6.07, 6.45) is -2.78. The number of aliphatic hydroxyl groups is 1. The third kappa shape index (κ3) is 5.48. The van der Waals surface area contributed by atoms with Crippen molar-refractivity contribution >= 4 is 35.3 Å². The van der Waals surface area contributed by atoms with E-state index in [9.17, 15) is 19.3 Å². The van der Waals surface area contributed by atoms with Gasteiger partial charge in [0.1, 0.15) is 18.0 Å². The summed E-state index contributed by atoms with van der Waals surface area (Å²) in [7, 11) is -3.93. The van der Waals surface area contributed by atoms with E-state index in [2.05, 4.69) is 32.9 Å². The van der Waals surface area contributed by atoms with Crippen LogP contribution in [0.4, 0.5) is 0 Å². The zero-order valence-corrected chi connectivity index (χ0v) is 19.5. The summed E-state index contributed by atoms with van der Waals surface area (Å²) in [6.45, 7) is 4.95. The fourth-order valence-electron chi connectivity index (χ4n) is 2.90. The summed E-state index contributed by atoms with van der Waals surface area (Å²) in [4.78, 5) is 26.6. The molecule has 3 N–H and O–H groups in total. The van der Waals surface area contributed by atoms with Gasteiger partial charge in [-0.15, -0.1) is 0 Å². The molecule has 6 atom stereocenters. The Kier molecular flexibility index (Phi) is 7.47. The number of benzene rings is 1. The molecule has 169 valence electrons. The molecule has 0 spiro atoms. The molecule has 0 saturated carbocycles. The van der Waals surface area contributed by atoms with Gasteiger partial charge in [0.05, 0.1) is 6.61 Å². The average Bonchev–Trinajstić information content (AvgIpc) is 2.90. The second-order valence-electron chi connectivity index (χ2n) is 6.87. The van der Waals surface area contributed by atoms with Crippen LogP contribution in [0.1, 0.15) is 13.2 Å². The molecule has 1 aromatic heterocycles. The monoisotopic (exact) mass is 536 g/mol. The van der Waals surface area contributed by atoms with Crippen molar-refractivity contribution in [3.05, 3.63) is 70.4 Å². The van der Waals surface area contributed by atoms with Gasteiger partial charge >= 0.3 is 13.4 Å². The molecule has 3 rings (SSSR count). The smallest absolute Gasteiger partial charge is 0.413 e. The Hall–Kier alpha value is -1.46. The van der Waals surface area contributed by atoms with E-state index in [0.29, 0.717) is 5.75 Å². The molecule has 31 heavy (non-hydrogen) atoms. The minimum absolute atomic E-state index is 0.291. The molecular formula is C18H21BrClN3O7P. The highest BCUT2D eigenvalue weighted by atomic mass is 79.9. The Morgan fingerprint density at radius 2 is 2.10 bits per heavy atom. The van der Waals surface area contributed by atoms with Crippen molar-refractivity contribution in [1.29, 1.82) is 0 Å². The Morgan fingerprint density at radius 3 is 2.71 bits per heavy atom. The zero-order valence-electron chi connectivity index (χ0n) is 16.3. The standard InChI is InChI=1S/C18H21BrClN3O7P/c1-11(2)22-31(27,30-12-6-4-3-5-7-12)28-10-13-15(25)18(19,20)16(29-13)23-14(24)8-9-21-17(23)26/h3-9,11,13,15-16,25H,1,10H2,2H3,(H,21,26)(H,22,27)/t11?,13-,15-,16-,18+,31?/m1/s1. The second-order valence-corrected chi connectivity index (χ2v) is 11.0. The Balaban J connectivity index is 1.80. The van der Waals surface area contributed by atoms with E-state index >= 15 is 0 Å². The van der Waals surface area contributed by atoms with Gasteiger partial charge in [0.2, 0.25) is 0 Å². The second kappa shape index (κ2) is 9.58. The average molecular weight is 538 g/mol. The van der Waals surface area contributed by atoms with Crippen LogP contribution >= 0.6 is 35.3 Å². The van der Waals surface area contributed by atoms with Crippen LogP contribution in [0.3, 0.4) is 0 Å². The maximum Gasteiger partial charge on any atom is 0.459 e. The van der Waals surface area contributed by atoms with Gasteiger partial charge in [-0.25, -0.2) is 19.0 Å². The van der Waals surface area contributed by atoms with Gasteiger partial charge < -0.3 is 19.4 Å². The van der Waals surface area contributed by atoms with Gasteiger partial charge in [-0.05, 0) is 26.0 Å². The molecule has 1 radical (unpaired) electrons. The van der Waals surface area contributed by atoms with Crippen LogP contribution in [0.2, 0.25) is 0 Å². The summed E-state index contributed by atoms with van der Waals surface area (Å²) in [5.41, 5.74) is -1.46. The number of halogens is 2. The third-order valence-corrected chi connectivity index (χ3v) is 7.23. The molecule has 1 aliphatic heterocycles. The van der Waals surface area contributed by atoms with Gasteiger partial charge in [-0.3, -0.25) is 9.32 Å². The third-order valence-electron chi connectivity index (χ3n) is 4.26. The molecule has 0 aliphatic carbocycles. The molecule has 2 unspecified atom stereocenters. The van der Waals surface area contributed by atoms with E-state index in [1.54, 1.807) is 37.3 Å². The lowest BCUT2D eigenvalue weighted by Gasteiger charge is -2.24. The van der Waals surface area contributed by atoms with E-state index in [1.165, 1.54) is 6.20 Å². The molecule has 2 heterocycles. The minimum Gasteiger partial charge on any atom is -0.413 e. The largest absolute Gasteiger partial charge is 0.459 e. The van der Waals surface area contributed by atoms with Crippen molar-refractivity contribution in [3.63, 3.8) is 0 Å². The van der Waals surface area contributed by atoms with E-state index in [4.69, 9.17) is 25.4 Å². The Bertz CT molecular complexity index is 1030. The number of nitrogens with one attached hydrogen (secondary N) is 2. The van der Waals surface area contributed by atoms with Crippen molar-refractivity contribution in [2.24, 2.45) is 0 Å². The predicted molar refractivity (Wildman–Crippen MR) is 117 cm³/mol. The first-order valence-corrected chi connectivity index (χ1v) is 11.9. The number of ether oxygens (including phenoxy) is 1. The molecule has 1 fully saturated rings. The van der Waals surface area contributed by atoms with Crippen LogP contribution in [0.5, 0.6) is 5.75 Å². The van der Waals surface area contributed by atoms with Crippen molar-refractivity contribution in [2.75, 3.05) is 6.61 Å². The summed E-state index contributed by atoms with van der Waals surface area (Å²) in [5, 5.41) is 13.3. The number of hydrogen-bond donors (Lipinski definition) is 3. The number of aromatic amines is 1. The maximum atomic E-state index is 13.2. The number of aliphatic hydroxyl groups excluding tert-OH is 1. The van der Waals surface area contributed by atoms with Gasteiger partial charge in [0.15, 0.2) is 10.0 Å². The SMILES string of the molecule is [CH2]C(C)NP(=O)(OC[C@H]1O[C@@H](n2c(=O)cc[nH]c2=O)[C@](Cl)(Br)[C@@H]1O)Oc1ccccc1. The topological polar surface area (TPSA) is 132 Å². The van der Waals surface area contributed by atoms with Crippen LogP contribution in [-0.2, 0) is 13.8 Å². The molecule has 1 aromatic carbocycles. The lowest BCUT2D eigenvalue weighted by molar-refractivity contribution is -0.0437. The summed E-state index contributed by atoms with van der Waals surface area (Å²) in [5.74, 6) is 0.291. The van der Waals surface area contributed by atoms with Crippen molar-refractivity contribution in [2.45, 2.75) is 35.2 Å². The number of H-pyrrole nitrogens is 1. The zero-order chi connectivity index (χ0) is 22.8. The van der Waals surface area contributed by atoms with Crippen molar-refractivity contribution in [1.82, 2.24) is 14.6 Å². The highest BCUT2D eigenvalue weighted by molar-refractivity contribution is 9.10. The summed E-state index contributed by atoms with van der Waals surface area (Å²) >= 11 is 9.50. The quantitative estimate of drug-likeness (QED) is 0.345. The lowest BCUT2D eigenvalue weighted by atomic mass is 10.2. The molecule has 0 amide bonds. The maximum absolute atomic E-state index is 13.2. The van der Waals surface area contributed by atoms with Gasteiger partial charge in [-0.1, -0.05) is 45.7 Å². The highest BCUT2D eigenvalue weighted by Crippen LogP contribution is 2.50. The number of hydrogen-bond acceptors (Lipinski definition) is 7. The number of rotatable bonds is 8. The van der Waals surface area contributed by atoms with Crippen LogP contribution in [0.15, 0.2) is 52.2 Å². The number of alkyl halides is 2. The molecule has 2 aromatic rings. The predicted octanol–water partition coefficient (Wildman–Crippen LogP) is 2.14. The molecule has 1 saturated heterocycles. The van der Waals surface area contributed by atoms with Gasteiger partial charge in [0.25, 0.3) is 5.56 Å². The first-order valence-electron chi connectivity index (χ1n) is 9.15. The molecule has 13 heteroatoms. The normalized spacial score (nSPS) is 27.9. The van der Waals surface area contributed by atoms with E-state index < -0.39 is 53.9 Å². The highest BCUT2D eigenvalue weighted by Gasteiger charge is 2.56. The van der Waals surface area contributed by atoms with Crippen LogP contribution < -0.4 is 20.9 Å². The van der Waals surface area contributed by atoms with Crippen molar-refractivity contribution < 1.29 is 23.5 Å². The van der Waals surface area contributed by atoms with E-state index in [0.717, 1.165) is 10.6 Å². The summed E-state index contributed by atoms with van der Waals surface area (Å²) < 4.78 is 28.8. The van der Waals surface area contributed by atoms with E-state index in [-0.39, 0.29) is 0 Å².